The van der Waals surface area contributed by atoms with Gasteiger partial charge in [0.05, 0.1) is 24.4 Å². The fourth-order valence-corrected chi connectivity index (χ4v) is 4.63. The first kappa shape index (κ1) is 25.2. The van der Waals surface area contributed by atoms with Crippen LogP contribution in [0.4, 0.5) is 5.69 Å². The minimum Gasteiger partial charge on any atom is -0.393 e. The SMILES string of the molecule is CCCCOC(CO)c1c(C)cc2nc(CN(C)c3ccccc3)ccc2c1-c1ccc(Cl)cc1. The number of hydrogen-bond donors (Lipinski definition) is 1. The first-order valence-electron chi connectivity index (χ1n) is 12.2. The highest BCUT2D eigenvalue weighted by molar-refractivity contribution is 6.30. The predicted molar refractivity (Wildman–Crippen MR) is 146 cm³/mol. The van der Waals surface area contributed by atoms with E-state index in [2.05, 4.69) is 56.1 Å². The van der Waals surface area contributed by atoms with E-state index >= 15 is 0 Å². The molecule has 0 aliphatic carbocycles. The first-order chi connectivity index (χ1) is 17.0. The lowest BCUT2D eigenvalue weighted by Gasteiger charge is -2.24. The number of aromatic nitrogens is 1. The van der Waals surface area contributed by atoms with E-state index in [1.54, 1.807) is 0 Å². The van der Waals surface area contributed by atoms with Gasteiger partial charge in [-0.15, -0.1) is 0 Å². The molecule has 35 heavy (non-hydrogen) atoms. The van der Waals surface area contributed by atoms with Gasteiger partial charge in [0.25, 0.3) is 0 Å². The molecule has 0 radical (unpaired) electrons. The fraction of sp³-hybridized carbons (Fsp3) is 0.300. The number of pyridine rings is 1. The Kier molecular flexibility index (Phi) is 8.40. The second-order valence-electron chi connectivity index (χ2n) is 8.95. The van der Waals surface area contributed by atoms with Crippen molar-refractivity contribution >= 4 is 28.2 Å². The van der Waals surface area contributed by atoms with Crippen molar-refractivity contribution < 1.29 is 9.84 Å². The van der Waals surface area contributed by atoms with Crippen molar-refractivity contribution in [3.63, 3.8) is 0 Å². The molecule has 1 N–H and O–H groups in total. The molecule has 1 unspecified atom stereocenters. The van der Waals surface area contributed by atoms with Crippen LogP contribution in [-0.4, -0.2) is 30.4 Å². The van der Waals surface area contributed by atoms with Crippen LogP contribution in [0.1, 0.15) is 42.7 Å². The number of aliphatic hydroxyl groups excluding tert-OH is 1. The lowest BCUT2D eigenvalue weighted by Crippen LogP contribution is -2.17. The average Bonchev–Trinajstić information content (AvgIpc) is 2.87. The van der Waals surface area contributed by atoms with Crippen LogP contribution in [-0.2, 0) is 11.3 Å². The summed E-state index contributed by atoms with van der Waals surface area (Å²) in [5.74, 6) is 0. The maximum atomic E-state index is 10.3. The van der Waals surface area contributed by atoms with Crippen LogP contribution in [0.25, 0.3) is 22.0 Å². The summed E-state index contributed by atoms with van der Waals surface area (Å²) >= 11 is 6.20. The predicted octanol–water partition coefficient (Wildman–Crippen LogP) is 7.35. The van der Waals surface area contributed by atoms with Crippen LogP contribution < -0.4 is 4.90 Å². The van der Waals surface area contributed by atoms with Crippen LogP contribution in [0, 0.1) is 6.92 Å². The van der Waals surface area contributed by atoms with Gasteiger partial charge in [-0.05, 0) is 72.0 Å². The van der Waals surface area contributed by atoms with Crippen molar-refractivity contribution in [1.29, 1.82) is 0 Å². The van der Waals surface area contributed by atoms with Crippen LogP contribution >= 0.6 is 11.6 Å². The van der Waals surface area contributed by atoms with E-state index in [0.717, 1.165) is 57.4 Å². The molecule has 182 valence electrons. The molecule has 1 atom stereocenters. The lowest BCUT2D eigenvalue weighted by molar-refractivity contribution is 0.0105. The van der Waals surface area contributed by atoms with Gasteiger partial charge in [-0.25, -0.2) is 0 Å². The van der Waals surface area contributed by atoms with Gasteiger partial charge in [-0.1, -0.05) is 61.3 Å². The molecule has 0 saturated carbocycles. The van der Waals surface area contributed by atoms with Gasteiger partial charge >= 0.3 is 0 Å². The van der Waals surface area contributed by atoms with Gasteiger partial charge in [0, 0.05) is 29.8 Å². The number of fused-ring (bicyclic) bond motifs is 1. The molecule has 0 saturated heterocycles. The summed E-state index contributed by atoms with van der Waals surface area (Å²) in [4.78, 5) is 7.23. The highest BCUT2D eigenvalue weighted by Gasteiger charge is 2.22. The zero-order valence-electron chi connectivity index (χ0n) is 20.7. The molecule has 4 aromatic rings. The zero-order valence-corrected chi connectivity index (χ0v) is 21.4. The Hall–Kier alpha value is -2.92. The third-order valence-corrected chi connectivity index (χ3v) is 6.58. The Bertz CT molecular complexity index is 1260. The van der Waals surface area contributed by atoms with E-state index in [-0.39, 0.29) is 6.61 Å². The number of rotatable bonds is 10. The Morgan fingerprint density at radius 1 is 1.03 bits per heavy atom. The quantitative estimate of drug-likeness (QED) is 0.237. The second kappa shape index (κ2) is 11.7. The van der Waals surface area contributed by atoms with E-state index in [1.165, 1.54) is 0 Å². The number of unbranched alkanes of at least 4 members (excludes halogenated alkanes) is 1. The fourth-order valence-electron chi connectivity index (χ4n) is 4.51. The number of aryl methyl sites for hydroxylation is 1. The number of anilines is 1. The van der Waals surface area contributed by atoms with Gasteiger partial charge in [-0.3, -0.25) is 4.98 Å². The Morgan fingerprint density at radius 3 is 2.46 bits per heavy atom. The minimum absolute atomic E-state index is 0.0793. The van der Waals surface area contributed by atoms with Crippen molar-refractivity contribution in [3.05, 3.63) is 94.6 Å². The molecule has 1 heterocycles. The highest BCUT2D eigenvalue weighted by atomic mass is 35.5. The standard InChI is InChI=1S/C30H33ClN2O2/c1-4-5-17-35-28(20-34)29-21(2)18-27-26(30(29)22-11-13-23(31)14-12-22)16-15-24(32-27)19-33(3)25-9-7-6-8-10-25/h6-16,18,28,34H,4-5,17,19-20H2,1-3H3. The molecule has 0 aliphatic heterocycles. The van der Waals surface area contributed by atoms with Gasteiger partial charge in [0.2, 0.25) is 0 Å². The molecular weight excluding hydrogens is 456 g/mol. The Balaban J connectivity index is 1.80. The molecule has 5 heteroatoms. The maximum absolute atomic E-state index is 10.3. The van der Waals surface area contributed by atoms with Gasteiger partial charge in [0.1, 0.15) is 6.10 Å². The van der Waals surface area contributed by atoms with Gasteiger partial charge < -0.3 is 14.7 Å². The summed E-state index contributed by atoms with van der Waals surface area (Å²) in [5, 5.41) is 12.0. The first-order valence-corrected chi connectivity index (χ1v) is 12.6. The topological polar surface area (TPSA) is 45.6 Å². The number of para-hydroxylation sites is 1. The largest absolute Gasteiger partial charge is 0.393 e. The Morgan fingerprint density at radius 2 is 1.77 bits per heavy atom. The van der Waals surface area contributed by atoms with Crippen molar-refractivity contribution in [1.82, 2.24) is 4.98 Å². The molecular formula is C30H33ClN2O2. The second-order valence-corrected chi connectivity index (χ2v) is 9.38. The normalized spacial score (nSPS) is 12.1. The number of ether oxygens (including phenoxy) is 1. The van der Waals surface area contributed by atoms with Crippen LogP contribution in [0.3, 0.4) is 0 Å². The van der Waals surface area contributed by atoms with Crippen molar-refractivity contribution in [2.75, 3.05) is 25.2 Å². The number of aliphatic hydroxyl groups is 1. The third-order valence-electron chi connectivity index (χ3n) is 6.33. The summed E-state index contributed by atoms with van der Waals surface area (Å²) in [6, 6.07) is 24.5. The Labute approximate surface area is 213 Å². The van der Waals surface area contributed by atoms with Crippen LogP contribution in [0.15, 0.2) is 72.8 Å². The number of hydrogen-bond acceptors (Lipinski definition) is 4. The molecule has 0 aliphatic rings. The van der Waals surface area contributed by atoms with E-state index in [4.69, 9.17) is 21.3 Å². The van der Waals surface area contributed by atoms with Crippen LogP contribution in [0.5, 0.6) is 0 Å². The van der Waals surface area contributed by atoms with Gasteiger partial charge in [0.15, 0.2) is 0 Å². The lowest BCUT2D eigenvalue weighted by atomic mass is 9.88. The summed E-state index contributed by atoms with van der Waals surface area (Å²) < 4.78 is 6.16. The van der Waals surface area contributed by atoms with E-state index in [9.17, 15) is 5.11 Å². The monoisotopic (exact) mass is 488 g/mol. The van der Waals surface area contributed by atoms with Crippen molar-refractivity contribution in [2.24, 2.45) is 0 Å². The average molecular weight is 489 g/mol. The number of benzene rings is 3. The summed E-state index contributed by atoms with van der Waals surface area (Å²) in [7, 11) is 2.08. The molecule has 0 spiro atoms. The summed E-state index contributed by atoms with van der Waals surface area (Å²) in [6.45, 7) is 5.45. The smallest absolute Gasteiger partial charge is 0.106 e. The number of nitrogens with zero attached hydrogens (tertiary/aromatic N) is 2. The summed E-state index contributed by atoms with van der Waals surface area (Å²) in [6.07, 6.45) is 1.60. The molecule has 3 aromatic carbocycles. The van der Waals surface area contributed by atoms with E-state index in [0.29, 0.717) is 18.2 Å². The molecule has 0 amide bonds. The van der Waals surface area contributed by atoms with Crippen molar-refractivity contribution in [2.45, 2.75) is 39.3 Å². The van der Waals surface area contributed by atoms with Gasteiger partial charge in [-0.2, -0.15) is 0 Å². The molecule has 0 fully saturated rings. The molecule has 0 bridgehead atoms. The third kappa shape index (κ3) is 5.84. The van der Waals surface area contributed by atoms with E-state index < -0.39 is 6.10 Å². The van der Waals surface area contributed by atoms with Crippen molar-refractivity contribution in [3.8, 4) is 11.1 Å². The zero-order chi connectivity index (χ0) is 24.8. The highest BCUT2D eigenvalue weighted by Crippen LogP contribution is 2.39. The minimum atomic E-state index is -0.402. The van der Waals surface area contributed by atoms with E-state index in [1.807, 2.05) is 42.5 Å². The summed E-state index contributed by atoms with van der Waals surface area (Å²) in [5.41, 5.74) is 7.22. The molecule has 4 nitrogen and oxygen atoms in total. The molecule has 4 rings (SSSR count). The molecule has 1 aromatic heterocycles. The van der Waals surface area contributed by atoms with Crippen LogP contribution in [0.2, 0.25) is 5.02 Å². The number of halogens is 1. The maximum Gasteiger partial charge on any atom is 0.106 e.